The van der Waals surface area contributed by atoms with Crippen LogP contribution in [0.5, 0.6) is 0 Å². The van der Waals surface area contributed by atoms with Gasteiger partial charge in [0.25, 0.3) is 0 Å². The third-order valence-electron chi connectivity index (χ3n) is 10.4. The van der Waals surface area contributed by atoms with E-state index in [4.69, 9.17) is 16.5 Å². The van der Waals surface area contributed by atoms with Crippen LogP contribution in [0.4, 0.5) is 5.69 Å². The molecule has 0 aliphatic carbocycles. The third-order valence-corrected chi connectivity index (χ3v) is 10.4. The topological polar surface area (TPSA) is 87.6 Å². The molecule has 0 N–H and O–H groups in total. The lowest BCUT2D eigenvalue weighted by molar-refractivity contribution is 1.11. The van der Waals surface area contributed by atoms with Gasteiger partial charge in [-0.3, -0.25) is 0 Å². The molecular weight excluding hydrogens is 687 g/mol. The lowest BCUT2D eigenvalue weighted by Crippen LogP contribution is -2.06. The lowest BCUT2D eigenvalue weighted by Gasteiger charge is -2.18. The average Bonchev–Trinajstić information content (AvgIpc) is 3.78. The van der Waals surface area contributed by atoms with E-state index >= 15 is 0 Å². The molecule has 10 rings (SSSR count). The number of benzene rings is 7. The maximum absolute atomic E-state index is 11.3. The van der Waals surface area contributed by atoms with E-state index in [-0.39, 0.29) is 0 Å². The molecule has 7 aromatic carbocycles. The number of nitriles is 2. The van der Waals surface area contributed by atoms with Gasteiger partial charge in [-0.1, -0.05) is 103 Å². The highest BCUT2D eigenvalue weighted by molar-refractivity contribution is 6.12. The van der Waals surface area contributed by atoms with Crippen molar-refractivity contribution in [2.24, 2.45) is 0 Å². The first-order valence-corrected chi connectivity index (χ1v) is 18.1. The number of hydrogen-bond donors (Lipinski definition) is 0. The Hall–Kier alpha value is -8.31. The fourth-order valence-corrected chi connectivity index (χ4v) is 7.89. The van der Waals surface area contributed by atoms with E-state index in [0.29, 0.717) is 39.6 Å². The van der Waals surface area contributed by atoms with E-state index < -0.39 is 0 Å². The molecule has 7 nitrogen and oxygen atoms in total. The van der Waals surface area contributed by atoms with Gasteiger partial charge in [0.05, 0.1) is 63.0 Å². The summed E-state index contributed by atoms with van der Waals surface area (Å²) in [6, 6.07) is 58.6. The average molecular weight is 714 g/mol. The minimum absolute atomic E-state index is 0.445. The molecule has 3 heterocycles. The molecule has 0 atom stereocenters. The molecule has 0 amide bonds. The highest BCUT2D eigenvalue weighted by Crippen LogP contribution is 2.41. The molecule has 0 saturated heterocycles. The molecular formula is C49H27N7. The monoisotopic (exact) mass is 713 g/mol. The van der Waals surface area contributed by atoms with Gasteiger partial charge in [-0.15, -0.1) is 0 Å². The smallest absolute Gasteiger partial charge is 0.188 e. The van der Waals surface area contributed by atoms with Crippen molar-refractivity contribution >= 4 is 49.3 Å². The third kappa shape index (κ3) is 5.11. The van der Waals surface area contributed by atoms with Crippen molar-refractivity contribution in [1.29, 1.82) is 10.5 Å². The van der Waals surface area contributed by atoms with Crippen molar-refractivity contribution in [3.05, 3.63) is 186 Å². The zero-order chi connectivity index (χ0) is 37.8. The number of nitrogens with zero attached hydrogens (tertiary/aromatic N) is 7. The first-order valence-electron chi connectivity index (χ1n) is 18.1. The molecule has 10 aromatic rings. The van der Waals surface area contributed by atoms with Gasteiger partial charge < -0.3 is 9.13 Å². The molecule has 258 valence electrons. The van der Waals surface area contributed by atoms with Crippen LogP contribution in [0.1, 0.15) is 11.1 Å². The van der Waals surface area contributed by atoms with E-state index in [9.17, 15) is 10.5 Å². The summed E-state index contributed by atoms with van der Waals surface area (Å²) >= 11 is 0. The maximum Gasteiger partial charge on any atom is 0.188 e. The molecule has 3 aromatic heterocycles. The number of fused-ring (bicyclic) bond motifs is 6. The van der Waals surface area contributed by atoms with Crippen LogP contribution < -0.4 is 0 Å². The van der Waals surface area contributed by atoms with Gasteiger partial charge in [-0.2, -0.15) is 10.5 Å². The summed E-state index contributed by atoms with van der Waals surface area (Å²) in [6.45, 7) is 7.75. The van der Waals surface area contributed by atoms with E-state index in [2.05, 4.69) is 32.2 Å². The van der Waals surface area contributed by atoms with E-state index in [1.165, 1.54) is 0 Å². The summed E-state index contributed by atoms with van der Waals surface area (Å²) in [4.78, 5) is 14.2. The summed E-state index contributed by atoms with van der Waals surface area (Å²) < 4.78 is 4.23. The SMILES string of the molecule is [C-]#[N+]c1ccc2c(c1)c1ccccc1n2-c1cc(-c2nc(-c3ccccc3)cc(-c3ccccc3)n2)cc(-n2c3ccccc3c3cc(C#N)ccc32)c1C#N. The van der Waals surface area contributed by atoms with Crippen molar-refractivity contribution in [3.63, 3.8) is 0 Å². The van der Waals surface area contributed by atoms with Crippen LogP contribution in [0.15, 0.2) is 164 Å². The Kier molecular flexibility index (Phi) is 7.49. The molecule has 0 radical (unpaired) electrons. The number of rotatable bonds is 5. The van der Waals surface area contributed by atoms with Gasteiger partial charge in [0.15, 0.2) is 11.5 Å². The fourth-order valence-electron chi connectivity index (χ4n) is 7.89. The van der Waals surface area contributed by atoms with Crippen molar-refractivity contribution in [3.8, 4) is 57.4 Å². The Balaban J connectivity index is 1.36. The van der Waals surface area contributed by atoms with Gasteiger partial charge in [-0.25, -0.2) is 14.8 Å². The zero-order valence-corrected chi connectivity index (χ0v) is 29.7. The predicted molar refractivity (Wildman–Crippen MR) is 223 cm³/mol. The number of hydrogen-bond acceptors (Lipinski definition) is 4. The second kappa shape index (κ2) is 13.0. The van der Waals surface area contributed by atoms with Crippen LogP contribution in [0.2, 0.25) is 0 Å². The Labute approximate surface area is 321 Å². The largest absolute Gasteiger partial charge is 0.308 e. The Morgan fingerprint density at radius 3 is 1.50 bits per heavy atom. The van der Waals surface area contributed by atoms with Crippen molar-refractivity contribution in [2.45, 2.75) is 0 Å². The second-order valence-electron chi connectivity index (χ2n) is 13.6. The van der Waals surface area contributed by atoms with Gasteiger partial charge in [-0.05, 0) is 66.0 Å². The van der Waals surface area contributed by atoms with Crippen LogP contribution in [0.25, 0.3) is 93.7 Å². The minimum Gasteiger partial charge on any atom is -0.308 e. The molecule has 0 aliphatic heterocycles. The Morgan fingerprint density at radius 1 is 0.464 bits per heavy atom. The van der Waals surface area contributed by atoms with E-state index in [0.717, 1.165) is 66.1 Å². The van der Waals surface area contributed by atoms with Crippen LogP contribution in [-0.2, 0) is 0 Å². The van der Waals surface area contributed by atoms with Crippen molar-refractivity contribution in [1.82, 2.24) is 19.1 Å². The van der Waals surface area contributed by atoms with E-state index in [1.807, 2.05) is 158 Å². The summed E-state index contributed by atoms with van der Waals surface area (Å²) in [5, 5.41) is 24.9. The predicted octanol–water partition coefficient (Wildman–Crippen LogP) is 12.0. The van der Waals surface area contributed by atoms with E-state index in [1.54, 1.807) is 0 Å². The molecule has 0 saturated carbocycles. The molecule has 0 unspecified atom stereocenters. The summed E-state index contributed by atoms with van der Waals surface area (Å²) in [6.07, 6.45) is 0. The first kappa shape index (κ1) is 32.3. The lowest BCUT2D eigenvalue weighted by atomic mass is 10.0. The van der Waals surface area contributed by atoms with Crippen LogP contribution >= 0.6 is 0 Å². The van der Waals surface area contributed by atoms with Crippen LogP contribution in [0, 0.1) is 29.2 Å². The first-order chi connectivity index (χ1) is 27.6. The van der Waals surface area contributed by atoms with Crippen LogP contribution in [0.3, 0.4) is 0 Å². The quantitative estimate of drug-likeness (QED) is 0.166. The minimum atomic E-state index is 0.445. The molecule has 0 aliphatic rings. The van der Waals surface area contributed by atoms with Crippen molar-refractivity contribution in [2.75, 3.05) is 0 Å². The summed E-state index contributed by atoms with van der Waals surface area (Å²) in [5.74, 6) is 0.501. The van der Waals surface area contributed by atoms with Gasteiger partial charge in [0.1, 0.15) is 11.6 Å². The highest BCUT2D eigenvalue weighted by Gasteiger charge is 2.24. The summed E-state index contributed by atoms with van der Waals surface area (Å²) in [7, 11) is 0. The molecule has 56 heavy (non-hydrogen) atoms. The maximum atomic E-state index is 11.3. The summed E-state index contributed by atoms with van der Waals surface area (Å²) in [5.41, 5.74) is 10.5. The van der Waals surface area contributed by atoms with Gasteiger partial charge in [0, 0.05) is 32.8 Å². The molecule has 0 bridgehead atoms. The molecule has 7 heteroatoms. The second-order valence-corrected chi connectivity index (χ2v) is 13.6. The van der Waals surface area contributed by atoms with Crippen LogP contribution in [-0.4, -0.2) is 19.1 Å². The number of para-hydroxylation sites is 2. The number of aromatic nitrogens is 4. The van der Waals surface area contributed by atoms with Gasteiger partial charge >= 0.3 is 0 Å². The molecule has 0 fully saturated rings. The normalized spacial score (nSPS) is 11.2. The Morgan fingerprint density at radius 2 is 0.964 bits per heavy atom. The fraction of sp³-hybridized carbons (Fsp3) is 0. The molecule has 0 spiro atoms. The highest BCUT2D eigenvalue weighted by atomic mass is 15.0. The standard InChI is InChI=1S/C49H27N7/c1-52-35-21-23-46-39(27-35)37-17-9-11-19-44(37)56(46)48-26-34(49-53-41(32-12-4-2-5-13-32)28-42(54-49)33-14-6-3-7-15-33)25-47(40(48)30-51)55-43-18-10-8-16-36(43)38-24-31(29-50)20-22-45(38)55/h2-28H. The van der Waals surface area contributed by atoms with Crippen molar-refractivity contribution < 1.29 is 0 Å². The van der Waals surface area contributed by atoms with Gasteiger partial charge in [0.2, 0.25) is 0 Å². The Bertz CT molecular complexity index is 3120. The zero-order valence-electron chi connectivity index (χ0n) is 29.7.